The predicted molar refractivity (Wildman–Crippen MR) is 101 cm³/mol. The topological polar surface area (TPSA) is 51.6 Å². The summed E-state index contributed by atoms with van der Waals surface area (Å²) in [5, 5.41) is 8.64. The molecule has 26 heavy (non-hydrogen) atoms. The number of benzene rings is 1. The molecule has 6 heteroatoms. The van der Waals surface area contributed by atoms with Crippen LogP contribution in [-0.2, 0) is 6.42 Å². The smallest absolute Gasteiger partial charge is 0.163 e. The Morgan fingerprint density at radius 3 is 2.96 bits per heavy atom. The third-order valence-electron chi connectivity index (χ3n) is 5.79. The van der Waals surface area contributed by atoms with E-state index >= 15 is 0 Å². The van der Waals surface area contributed by atoms with Crippen LogP contribution >= 0.6 is 0 Å². The van der Waals surface area contributed by atoms with Crippen molar-refractivity contribution in [1.29, 1.82) is 0 Å². The SMILES string of the molecule is CCN1CCCCC1c1nn(-c2ccc3c(c2)OCCO3)c2c1CCN2. The van der Waals surface area contributed by atoms with Gasteiger partial charge in [0.1, 0.15) is 19.0 Å². The molecule has 1 fully saturated rings. The number of nitrogens with one attached hydrogen (secondary N) is 1. The van der Waals surface area contributed by atoms with Crippen molar-refractivity contribution in [3.63, 3.8) is 0 Å². The number of piperidine rings is 1. The average Bonchev–Trinajstić information content (AvgIpc) is 3.30. The van der Waals surface area contributed by atoms with E-state index in [2.05, 4.69) is 27.9 Å². The number of ether oxygens (including phenoxy) is 2. The fourth-order valence-corrected chi connectivity index (χ4v) is 4.50. The van der Waals surface area contributed by atoms with E-state index in [0.717, 1.165) is 42.5 Å². The molecule has 1 aromatic heterocycles. The molecule has 3 aliphatic rings. The minimum Gasteiger partial charge on any atom is -0.486 e. The maximum Gasteiger partial charge on any atom is 0.163 e. The molecule has 2 aromatic rings. The van der Waals surface area contributed by atoms with Crippen molar-refractivity contribution in [2.75, 3.05) is 38.2 Å². The highest BCUT2D eigenvalue weighted by Gasteiger charge is 2.32. The summed E-state index contributed by atoms with van der Waals surface area (Å²) in [6.45, 7) is 6.73. The normalized spacial score (nSPS) is 22.1. The van der Waals surface area contributed by atoms with Gasteiger partial charge in [-0.1, -0.05) is 13.3 Å². The molecule has 5 rings (SSSR count). The van der Waals surface area contributed by atoms with Crippen molar-refractivity contribution >= 4 is 5.82 Å². The van der Waals surface area contributed by atoms with Gasteiger partial charge in [-0.25, -0.2) is 4.68 Å². The van der Waals surface area contributed by atoms with Crippen molar-refractivity contribution in [3.8, 4) is 17.2 Å². The van der Waals surface area contributed by atoms with E-state index in [1.54, 1.807) is 0 Å². The summed E-state index contributed by atoms with van der Waals surface area (Å²) in [6, 6.07) is 6.55. The van der Waals surface area contributed by atoms with Crippen LogP contribution in [0.5, 0.6) is 11.5 Å². The van der Waals surface area contributed by atoms with Gasteiger partial charge in [0.25, 0.3) is 0 Å². The minimum absolute atomic E-state index is 0.445. The monoisotopic (exact) mass is 354 g/mol. The summed E-state index contributed by atoms with van der Waals surface area (Å²) >= 11 is 0. The zero-order chi connectivity index (χ0) is 17.5. The first kappa shape index (κ1) is 16.0. The Bertz CT molecular complexity index is 816. The second-order valence-electron chi connectivity index (χ2n) is 7.27. The van der Waals surface area contributed by atoms with Gasteiger partial charge in [-0.15, -0.1) is 0 Å². The Morgan fingerprint density at radius 2 is 2.08 bits per heavy atom. The third-order valence-corrected chi connectivity index (χ3v) is 5.79. The predicted octanol–water partition coefficient (Wildman–Crippen LogP) is 3.16. The van der Waals surface area contributed by atoms with Crippen LogP contribution in [0.4, 0.5) is 5.82 Å². The van der Waals surface area contributed by atoms with Gasteiger partial charge in [-0.2, -0.15) is 5.10 Å². The number of nitrogens with zero attached hydrogens (tertiary/aromatic N) is 3. The lowest BCUT2D eigenvalue weighted by Gasteiger charge is -2.34. The molecular formula is C20H26N4O2. The maximum absolute atomic E-state index is 5.77. The van der Waals surface area contributed by atoms with Crippen LogP contribution in [0.2, 0.25) is 0 Å². The summed E-state index contributed by atoms with van der Waals surface area (Å²) in [6.07, 6.45) is 4.86. The summed E-state index contributed by atoms with van der Waals surface area (Å²) < 4.78 is 13.5. The minimum atomic E-state index is 0.445. The van der Waals surface area contributed by atoms with E-state index < -0.39 is 0 Å². The molecule has 0 bridgehead atoms. The molecule has 6 nitrogen and oxygen atoms in total. The average molecular weight is 354 g/mol. The summed E-state index contributed by atoms with van der Waals surface area (Å²) in [4.78, 5) is 2.58. The number of hydrogen-bond donors (Lipinski definition) is 1. The highest BCUT2D eigenvalue weighted by molar-refractivity contribution is 5.59. The van der Waals surface area contributed by atoms with Gasteiger partial charge in [0.15, 0.2) is 11.5 Å². The fourth-order valence-electron chi connectivity index (χ4n) is 4.50. The van der Waals surface area contributed by atoms with Gasteiger partial charge < -0.3 is 14.8 Å². The molecule has 4 heterocycles. The first-order valence-corrected chi connectivity index (χ1v) is 9.85. The first-order chi connectivity index (χ1) is 12.8. The molecule has 0 aliphatic carbocycles. The maximum atomic E-state index is 5.77. The van der Waals surface area contributed by atoms with E-state index in [4.69, 9.17) is 14.6 Å². The van der Waals surface area contributed by atoms with Crippen LogP contribution in [-0.4, -0.2) is 47.5 Å². The van der Waals surface area contributed by atoms with E-state index in [-0.39, 0.29) is 0 Å². The van der Waals surface area contributed by atoms with Crippen molar-refractivity contribution in [2.45, 2.75) is 38.6 Å². The van der Waals surface area contributed by atoms with Crippen LogP contribution in [0.1, 0.15) is 43.5 Å². The highest BCUT2D eigenvalue weighted by Crippen LogP contribution is 2.39. The molecule has 138 valence electrons. The van der Waals surface area contributed by atoms with E-state index in [1.165, 1.54) is 37.1 Å². The summed E-state index contributed by atoms with van der Waals surface area (Å²) in [5.74, 6) is 2.78. The number of anilines is 1. The van der Waals surface area contributed by atoms with Crippen molar-refractivity contribution in [2.24, 2.45) is 0 Å². The molecule has 1 N–H and O–H groups in total. The Balaban J connectivity index is 1.56. The van der Waals surface area contributed by atoms with Gasteiger partial charge in [-0.3, -0.25) is 4.90 Å². The summed E-state index contributed by atoms with van der Waals surface area (Å²) in [5.41, 5.74) is 3.69. The first-order valence-electron chi connectivity index (χ1n) is 9.85. The number of fused-ring (bicyclic) bond motifs is 2. The largest absolute Gasteiger partial charge is 0.486 e. The zero-order valence-corrected chi connectivity index (χ0v) is 15.3. The lowest BCUT2D eigenvalue weighted by Crippen LogP contribution is -2.34. The third kappa shape index (κ3) is 2.55. The number of rotatable bonds is 3. The molecule has 0 radical (unpaired) electrons. The zero-order valence-electron chi connectivity index (χ0n) is 15.3. The second kappa shape index (κ2) is 6.50. The van der Waals surface area contributed by atoms with Crippen molar-refractivity contribution in [3.05, 3.63) is 29.5 Å². The Morgan fingerprint density at radius 1 is 1.19 bits per heavy atom. The van der Waals surface area contributed by atoms with Gasteiger partial charge in [0.2, 0.25) is 0 Å². The molecular weight excluding hydrogens is 328 g/mol. The van der Waals surface area contributed by atoms with Gasteiger partial charge >= 0.3 is 0 Å². The summed E-state index contributed by atoms with van der Waals surface area (Å²) in [7, 11) is 0. The number of hydrogen-bond acceptors (Lipinski definition) is 5. The van der Waals surface area contributed by atoms with Crippen LogP contribution in [0.15, 0.2) is 18.2 Å². The van der Waals surface area contributed by atoms with Gasteiger partial charge in [-0.05, 0) is 44.5 Å². The Labute approximate surface area is 154 Å². The molecule has 0 amide bonds. The lowest BCUT2D eigenvalue weighted by atomic mass is 9.96. The Kier molecular flexibility index (Phi) is 4.00. The standard InChI is InChI=1S/C20H26N4O2/c1-2-23-10-4-3-5-16(23)19-15-8-9-21-20(15)24(22-19)14-6-7-17-18(13-14)26-12-11-25-17/h6-7,13,16,21H,2-5,8-12H2,1H3. The molecule has 1 atom stereocenters. The molecule has 0 spiro atoms. The number of likely N-dealkylation sites (tertiary alicyclic amines) is 1. The molecule has 1 unspecified atom stereocenters. The van der Waals surface area contributed by atoms with E-state index in [1.807, 2.05) is 12.1 Å². The van der Waals surface area contributed by atoms with Crippen molar-refractivity contribution in [1.82, 2.24) is 14.7 Å². The Hall–Kier alpha value is -2.21. The molecule has 0 saturated carbocycles. The quantitative estimate of drug-likeness (QED) is 0.918. The van der Waals surface area contributed by atoms with Gasteiger partial charge in [0.05, 0.1) is 17.4 Å². The van der Waals surface area contributed by atoms with Gasteiger partial charge in [0, 0.05) is 18.2 Å². The van der Waals surface area contributed by atoms with E-state index in [9.17, 15) is 0 Å². The molecule has 3 aliphatic heterocycles. The van der Waals surface area contributed by atoms with Crippen LogP contribution < -0.4 is 14.8 Å². The molecule has 1 saturated heterocycles. The fraction of sp³-hybridized carbons (Fsp3) is 0.550. The van der Waals surface area contributed by atoms with Crippen LogP contribution in [0, 0.1) is 0 Å². The number of aromatic nitrogens is 2. The highest BCUT2D eigenvalue weighted by atomic mass is 16.6. The van der Waals surface area contributed by atoms with Crippen molar-refractivity contribution < 1.29 is 9.47 Å². The molecule has 1 aromatic carbocycles. The van der Waals surface area contributed by atoms with Crippen LogP contribution in [0.3, 0.4) is 0 Å². The lowest BCUT2D eigenvalue weighted by molar-refractivity contribution is 0.153. The second-order valence-corrected chi connectivity index (χ2v) is 7.27. The van der Waals surface area contributed by atoms with Crippen LogP contribution in [0.25, 0.3) is 5.69 Å². The van der Waals surface area contributed by atoms with E-state index in [0.29, 0.717) is 19.3 Å².